The molecule has 0 saturated carbocycles. The normalized spacial score (nSPS) is 17.9. The zero-order valence-electron chi connectivity index (χ0n) is 15.6. The zero-order valence-corrected chi connectivity index (χ0v) is 17.3. The van der Waals surface area contributed by atoms with E-state index in [0.717, 1.165) is 34.2 Å². The Hall–Kier alpha value is -1.87. The first-order chi connectivity index (χ1) is 12.7. The molecule has 0 bridgehead atoms. The number of fused-ring (bicyclic) bond motifs is 1. The van der Waals surface area contributed by atoms with Gasteiger partial charge in [-0.3, -0.25) is 10.1 Å². The first-order valence-corrected chi connectivity index (χ1v) is 10.7. The fourth-order valence-electron chi connectivity index (χ4n) is 2.95. The van der Waals surface area contributed by atoms with Gasteiger partial charge < -0.3 is 9.64 Å². The summed E-state index contributed by atoms with van der Waals surface area (Å²) in [4.78, 5) is 29.1. The minimum Gasteiger partial charge on any atom is -0.444 e. The van der Waals surface area contributed by atoms with Crippen LogP contribution in [0.4, 0.5) is 10.5 Å². The molecule has 2 heterocycles. The number of ether oxygens (including phenoxy) is 1. The monoisotopic (exact) mass is 409 g/mol. The van der Waals surface area contributed by atoms with Crippen LogP contribution in [0, 0.1) is 16.0 Å². The Balaban J connectivity index is 1.58. The number of hydrogen-bond donors (Lipinski definition) is 0. The van der Waals surface area contributed by atoms with Gasteiger partial charge in [0.25, 0.3) is 5.69 Å². The molecule has 0 unspecified atom stereocenters. The van der Waals surface area contributed by atoms with Crippen molar-refractivity contribution in [3.63, 3.8) is 0 Å². The van der Waals surface area contributed by atoms with Crippen molar-refractivity contribution in [1.82, 2.24) is 9.88 Å². The van der Waals surface area contributed by atoms with E-state index in [1.807, 2.05) is 20.8 Å². The molecule has 0 radical (unpaired) electrons. The highest BCUT2D eigenvalue weighted by molar-refractivity contribution is 8.01. The second-order valence-corrected chi connectivity index (χ2v) is 9.93. The van der Waals surface area contributed by atoms with Crippen molar-refractivity contribution < 1.29 is 14.5 Å². The Morgan fingerprint density at radius 2 is 2.26 bits per heavy atom. The van der Waals surface area contributed by atoms with Crippen LogP contribution in [-0.2, 0) is 4.74 Å². The molecular formula is C18H23N3O4S2. The molecular weight excluding hydrogens is 386 g/mol. The molecule has 1 aliphatic heterocycles. The van der Waals surface area contributed by atoms with Gasteiger partial charge in [0, 0.05) is 31.0 Å². The van der Waals surface area contributed by atoms with Crippen LogP contribution in [0.5, 0.6) is 0 Å². The minimum atomic E-state index is -0.484. The first kappa shape index (κ1) is 19.9. The van der Waals surface area contributed by atoms with Crippen LogP contribution in [-0.4, -0.2) is 45.3 Å². The van der Waals surface area contributed by atoms with E-state index in [1.165, 1.54) is 12.1 Å². The molecule has 3 rings (SSSR count). The van der Waals surface area contributed by atoms with E-state index in [4.69, 9.17) is 4.74 Å². The van der Waals surface area contributed by atoms with Crippen LogP contribution in [0.3, 0.4) is 0 Å². The standard InChI is InChI=1S/C18H23N3O4S2/c1-18(2,3)25-17(22)20-8-4-5-12(10-20)11-26-16-19-14-9-13(21(23)24)6-7-15(14)27-16/h6-7,9,12H,4-5,8,10-11H2,1-3H3/t12-/m0/s1. The summed E-state index contributed by atoms with van der Waals surface area (Å²) in [5, 5.41) is 10.9. The third-order valence-electron chi connectivity index (χ3n) is 4.18. The summed E-state index contributed by atoms with van der Waals surface area (Å²) >= 11 is 3.20. The van der Waals surface area contributed by atoms with Gasteiger partial charge in [0.2, 0.25) is 0 Å². The Morgan fingerprint density at radius 3 is 2.96 bits per heavy atom. The van der Waals surface area contributed by atoms with E-state index in [2.05, 4.69) is 4.98 Å². The van der Waals surface area contributed by atoms with Crippen molar-refractivity contribution in [2.24, 2.45) is 5.92 Å². The average molecular weight is 410 g/mol. The summed E-state index contributed by atoms with van der Waals surface area (Å²) in [6.45, 7) is 7.05. The maximum Gasteiger partial charge on any atom is 0.410 e. The second-order valence-electron chi connectivity index (χ2n) is 7.63. The molecule has 27 heavy (non-hydrogen) atoms. The molecule has 1 fully saturated rings. The number of carbonyl (C=O) groups is 1. The Bertz CT molecular complexity index is 847. The summed E-state index contributed by atoms with van der Waals surface area (Å²) in [5.74, 6) is 1.25. The quantitative estimate of drug-likeness (QED) is 0.404. The number of benzene rings is 1. The maximum atomic E-state index is 12.3. The van der Waals surface area contributed by atoms with Crippen LogP contribution in [0.15, 0.2) is 22.5 Å². The molecule has 1 saturated heterocycles. The summed E-state index contributed by atoms with van der Waals surface area (Å²) in [6.07, 6.45) is 1.80. The number of likely N-dealkylation sites (tertiary alicyclic amines) is 1. The molecule has 146 valence electrons. The van der Waals surface area contributed by atoms with Gasteiger partial charge >= 0.3 is 6.09 Å². The predicted octanol–water partition coefficient (Wildman–Crippen LogP) is 4.94. The lowest BCUT2D eigenvalue weighted by molar-refractivity contribution is -0.384. The van der Waals surface area contributed by atoms with Gasteiger partial charge in [-0.1, -0.05) is 11.8 Å². The SMILES string of the molecule is CC(C)(C)OC(=O)N1CCC[C@H](CSc2nc3cc([N+](=O)[O-])ccc3s2)C1. The summed E-state index contributed by atoms with van der Waals surface area (Å²) in [5.41, 5.74) is 0.239. The third-order valence-corrected chi connectivity index (χ3v) is 6.59. The molecule has 1 amide bonds. The molecule has 2 aromatic rings. The number of nitro benzene ring substituents is 1. The van der Waals surface area contributed by atoms with E-state index in [1.54, 1.807) is 34.1 Å². The van der Waals surface area contributed by atoms with Gasteiger partial charge in [0.15, 0.2) is 4.34 Å². The van der Waals surface area contributed by atoms with Gasteiger partial charge in [-0.15, -0.1) is 11.3 Å². The lowest BCUT2D eigenvalue weighted by atomic mass is 10.0. The molecule has 0 N–H and O–H groups in total. The van der Waals surface area contributed by atoms with Gasteiger partial charge in [-0.05, 0) is 45.6 Å². The molecule has 0 aliphatic carbocycles. The number of piperidine rings is 1. The Morgan fingerprint density at radius 1 is 1.48 bits per heavy atom. The van der Waals surface area contributed by atoms with Crippen molar-refractivity contribution >= 4 is 45.1 Å². The van der Waals surface area contributed by atoms with Gasteiger partial charge in [-0.2, -0.15) is 0 Å². The second kappa shape index (κ2) is 8.02. The van der Waals surface area contributed by atoms with Crippen LogP contribution in [0.25, 0.3) is 10.2 Å². The number of hydrogen-bond acceptors (Lipinski definition) is 7. The number of carbonyl (C=O) groups excluding carboxylic acids is 1. The number of thioether (sulfide) groups is 1. The molecule has 9 heteroatoms. The largest absolute Gasteiger partial charge is 0.444 e. The van der Waals surface area contributed by atoms with Crippen molar-refractivity contribution in [2.75, 3.05) is 18.8 Å². The Labute approximate surface area is 166 Å². The van der Waals surface area contributed by atoms with E-state index in [9.17, 15) is 14.9 Å². The van der Waals surface area contributed by atoms with E-state index in [-0.39, 0.29) is 11.8 Å². The summed E-state index contributed by atoms with van der Waals surface area (Å²) in [7, 11) is 0. The number of rotatable bonds is 4. The molecule has 1 aliphatic rings. The minimum absolute atomic E-state index is 0.0598. The van der Waals surface area contributed by atoms with E-state index in [0.29, 0.717) is 18.0 Å². The third kappa shape index (κ3) is 5.32. The van der Waals surface area contributed by atoms with E-state index >= 15 is 0 Å². The number of nitro groups is 1. The first-order valence-electron chi connectivity index (χ1n) is 8.87. The zero-order chi connectivity index (χ0) is 19.6. The van der Waals surface area contributed by atoms with Crippen molar-refractivity contribution in [3.05, 3.63) is 28.3 Å². The highest BCUT2D eigenvalue weighted by Crippen LogP contribution is 2.33. The number of non-ortho nitro benzene ring substituents is 1. The highest BCUT2D eigenvalue weighted by Gasteiger charge is 2.27. The van der Waals surface area contributed by atoms with Crippen molar-refractivity contribution in [2.45, 2.75) is 43.6 Å². The van der Waals surface area contributed by atoms with Crippen LogP contribution < -0.4 is 0 Å². The average Bonchev–Trinajstić information content (AvgIpc) is 3.00. The molecule has 7 nitrogen and oxygen atoms in total. The van der Waals surface area contributed by atoms with Crippen molar-refractivity contribution in [1.29, 1.82) is 0 Å². The van der Waals surface area contributed by atoms with Crippen LogP contribution >= 0.6 is 23.1 Å². The summed E-state index contributed by atoms with van der Waals surface area (Å²) < 4.78 is 7.32. The number of aromatic nitrogens is 1. The maximum absolute atomic E-state index is 12.3. The van der Waals surface area contributed by atoms with Crippen LogP contribution in [0.1, 0.15) is 33.6 Å². The molecule has 0 spiro atoms. The van der Waals surface area contributed by atoms with Crippen molar-refractivity contribution in [3.8, 4) is 0 Å². The molecule has 1 aromatic heterocycles. The fourth-order valence-corrected chi connectivity index (χ4v) is 5.15. The Kier molecular flexibility index (Phi) is 5.90. The fraction of sp³-hybridized carbons (Fsp3) is 0.556. The lowest BCUT2D eigenvalue weighted by Crippen LogP contribution is -2.43. The summed E-state index contributed by atoms with van der Waals surface area (Å²) in [6, 6.07) is 4.77. The number of amides is 1. The van der Waals surface area contributed by atoms with Gasteiger partial charge in [0.05, 0.1) is 15.1 Å². The molecule has 1 atom stereocenters. The number of thiazole rings is 1. The van der Waals surface area contributed by atoms with E-state index < -0.39 is 10.5 Å². The highest BCUT2D eigenvalue weighted by atomic mass is 32.2. The predicted molar refractivity (Wildman–Crippen MR) is 108 cm³/mol. The van der Waals surface area contributed by atoms with Gasteiger partial charge in [-0.25, -0.2) is 9.78 Å². The topological polar surface area (TPSA) is 85.6 Å². The van der Waals surface area contributed by atoms with Gasteiger partial charge in [0.1, 0.15) is 5.60 Å². The number of nitrogens with zero attached hydrogens (tertiary/aromatic N) is 3. The molecule has 1 aromatic carbocycles. The smallest absolute Gasteiger partial charge is 0.410 e. The van der Waals surface area contributed by atoms with Crippen LogP contribution in [0.2, 0.25) is 0 Å². The lowest BCUT2D eigenvalue weighted by Gasteiger charge is -2.33.